The molecule has 0 amide bonds. The number of carbonyl (C=O) groups excluding carboxylic acids is 1. The molecule has 0 spiro atoms. The topological polar surface area (TPSA) is 40.9 Å². The largest absolute Gasteiger partial charge is 0.300 e. The van der Waals surface area contributed by atoms with Crippen molar-refractivity contribution in [3.8, 4) is 6.07 Å². The third-order valence-electron chi connectivity index (χ3n) is 2.04. The molecule has 1 atom stereocenters. The summed E-state index contributed by atoms with van der Waals surface area (Å²) in [5.41, 5.74) is -0.346. The molecular weight excluding hydrogens is 280 g/mol. The summed E-state index contributed by atoms with van der Waals surface area (Å²) >= 11 is 2.94. The molecule has 0 bridgehead atoms. The van der Waals surface area contributed by atoms with Crippen molar-refractivity contribution in [1.29, 1.82) is 5.26 Å². The lowest BCUT2D eigenvalue weighted by Crippen LogP contribution is -2.07. The van der Waals surface area contributed by atoms with Crippen LogP contribution in [0.5, 0.6) is 0 Å². The first kappa shape index (κ1) is 12.8. The molecule has 0 aromatic heterocycles. The van der Waals surface area contributed by atoms with Crippen LogP contribution in [0.2, 0.25) is 0 Å². The first-order valence-electron chi connectivity index (χ1n) is 4.49. The molecule has 0 radical (unpaired) electrons. The molecule has 1 rings (SSSR count). The zero-order valence-corrected chi connectivity index (χ0v) is 10.0. The zero-order valence-electron chi connectivity index (χ0n) is 8.43. The van der Waals surface area contributed by atoms with Gasteiger partial charge in [0.1, 0.15) is 17.4 Å². The molecule has 1 unspecified atom stereocenters. The number of ketones is 1. The van der Waals surface area contributed by atoms with Gasteiger partial charge in [-0.2, -0.15) is 5.26 Å². The maximum Gasteiger partial charge on any atom is 0.131 e. The molecule has 5 heteroatoms. The van der Waals surface area contributed by atoms with Crippen LogP contribution in [0.15, 0.2) is 16.6 Å². The molecule has 0 fully saturated rings. The van der Waals surface area contributed by atoms with E-state index in [1.54, 1.807) is 6.07 Å². The van der Waals surface area contributed by atoms with E-state index in [4.69, 9.17) is 5.26 Å². The SMILES string of the molecule is CC(=O)CC(C#N)c1c(F)cc(Br)cc1F. The predicted octanol–water partition coefficient (Wildman–Crippen LogP) is 3.31. The monoisotopic (exact) mass is 287 g/mol. The van der Waals surface area contributed by atoms with Crippen molar-refractivity contribution in [2.45, 2.75) is 19.3 Å². The number of hydrogen-bond acceptors (Lipinski definition) is 2. The van der Waals surface area contributed by atoms with E-state index in [-0.39, 0.29) is 22.2 Å². The molecule has 1 aromatic rings. The van der Waals surface area contributed by atoms with Crippen LogP contribution in [0.1, 0.15) is 24.8 Å². The van der Waals surface area contributed by atoms with Gasteiger partial charge in [-0.1, -0.05) is 15.9 Å². The molecule has 0 aliphatic rings. The summed E-state index contributed by atoms with van der Waals surface area (Å²) in [7, 11) is 0. The summed E-state index contributed by atoms with van der Waals surface area (Å²) in [5.74, 6) is -3.00. The predicted molar refractivity (Wildman–Crippen MR) is 57.7 cm³/mol. The molecule has 0 saturated heterocycles. The molecule has 0 heterocycles. The molecule has 84 valence electrons. The molecule has 0 aliphatic carbocycles. The minimum Gasteiger partial charge on any atom is -0.300 e. The van der Waals surface area contributed by atoms with Gasteiger partial charge in [0, 0.05) is 16.5 Å². The fourth-order valence-electron chi connectivity index (χ4n) is 1.39. The van der Waals surface area contributed by atoms with Gasteiger partial charge in [-0.25, -0.2) is 8.78 Å². The van der Waals surface area contributed by atoms with Gasteiger partial charge in [-0.3, -0.25) is 4.79 Å². The van der Waals surface area contributed by atoms with E-state index in [9.17, 15) is 13.6 Å². The Balaban J connectivity index is 3.21. The van der Waals surface area contributed by atoms with Gasteiger partial charge >= 0.3 is 0 Å². The van der Waals surface area contributed by atoms with Gasteiger partial charge in [0.05, 0.1) is 12.0 Å². The molecule has 16 heavy (non-hydrogen) atoms. The number of benzene rings is 1. The average molecular weight is 288 g/mol. The van der Waals surface area contributed by atoms with Gasteiger partial charge in [-0.05, 0) is 19.1 Å². The van der Waals surface area contributed by atoms with Gasteiger partial charge in [0.2, 0.25) is 0 Å². The Morgan fingerprint density at radius 2 is 2.00 bits per heavy atom. The van der Waals surface area contributed by atoms with Crippen LogP contribution < -0.4 is 0 Å². The fourth-order valence-corrected chi connectivity index (χ4v) is 1.79. The number of hydrogen-bond donors (Lipinski definition) is 0. The van der Waals surface area contributed by atoms with Gasteiger partial charge in [0.15, 0.2) is 0 Å². The first-order chi connectivity index (χ1) is 7.45. The van der Waals surface area contributed by atoms with Crippen molar-refractivity contribution in [2.75, 3.05) is 0 Å². The van der Waals surface area contributed by atoms with Crippen LogP contribution >= 0.6 is 15.9 Å². The van der Waals surface area contributed by atoms with E-state index < -0.39 is 17.6 Å². The highest BCUT2D eigenvalue weighted by molar-refractivity contribution is 9.10. The summed E-state index contributed by atoms with van der Waals surface area (Å²) in [6.07, 6.45) is -0.189. The first-order valence-corrected chi connectivity index (χ1v) is 5.28. The number of nitriles is 1. The Bertz CT molecular complexity index is 445. The highest BCUT2D eigenvalue weighted by atomic mass is 79.9. The van der Waals surface area contributed by atoms with Crippen LogP contribution in [-0.4, -0.2) is 5.78 Å². The maximum absolute atomic E-state index is 13.5. The number of carbonyl (C=O) groups is 1. The number of Topliss-reactive ketones (excluding diaryl/α,β-unsaturated/α-hetero) is 1. The Labute approximate surface area is 100 Å². The van der Waals surface area contributed by atoms with Crippen LogP contribution in [-0.2, 0) is 4.79 Å². The Morgan fingerprint density at radius 1 is 1.50 bits per heavy atom. The van der Waals surface area contributed by atoms with E-state index in [2.05, 4.69) is 15.9 Å². The Kier molecular flexibility index (Phi) is 4.13. The van der Waals surface area contributed by atoms with Gasteiger partial charge in [0.25, 0.3) is 0 Å². The second kappa shape index (κ2) is 5.17. The van der Waals surface area contributed by atoms with E-state index in [0.29, 0.717) is 0 Å². The summed E-state index contributed by atoms with van der Waals surface area (Å²) < 4.78 is 27.2. The third kappa shape index (κ3) is 2.86. The van der Waals surface area contributed by atoms with Gasteiger partial charge < -0.3 is 0 Å². The second-order valence-electron chi connectivity index (χ2n) is 3.37. The standard InChI is InChI=1S/C11H8BrF2NO/c1-6(16)2-7(5-15)11-9(13)3-8(12)4-10(11)14/h3-4,7H,2H2,1H3. The normalized spacial score (nSPS) is 11.9. The molecule has 0 saturated carbocycles. The molecule has 0 aliphatic heterocycles. The van der Waals surface area contributed by atoms with Crippen molar-refractivity contribution < 1.29 is 13.6 Å². The quantitative estimate of drug-likeness (QED) is 0.856. The Hall–Kier alpha value is -1.28. The summed E-state index contributed by atoms with van der Waals surface area (Å²) in [5, 5.41) is 8.80. The zero-order chi connectivity index (χ0) is 12.3. The van der Waals surface area contributed by atoms with E-state index in [0.717, 1.165) is 12.1 Å². The fraction of sp³-hybridized carbons (Fsp3) is 0.273. The number of halogens is 3. The van der Waals surface area contributed by atoms with Crippen molar-refractivity contribution in [1.82, 2.24) is 0 Å². The molecule has 2 nitrogen and oxygen atoms in total. The van der Waals surface area contributed by atoms with Crippen molar-refractivity contribution in [3.63, 3.8) is 0 Å². The van der Waals surface area contributed by atoms with Crippen LogP contribution in [0, 0.1) is 23.0 Å². The second-order valence-corrected chi connectivity index (χ2v) is 4.29. The Morgan fingerprint density at radius 3 is 2.38 bits per heavy atom. The van der Waals surface area contributed by atoms with Gasteiger partial charge in [-0.15, -0.1) is 0 Å². The lowest BCUT2D eigenvalue weighted by molar-refractivity contribution is -0.117. The molecule has 1 aromatic carbocycles. The lowest BCUT2D eigenvalue weighted by Gasteiger charge is -2.10. The highest BCUT2D eigenvalue weighted by Crippen LogP contribution is 2.28. The molecule has 0 N–H and O–H groups in total. The minimum atomic E-state index is -1.08. The summed E-state index contributed by atoms with van der Waals surface area (Å²) in [4.78, 5) is 10.9. The van der Waals surface area contributed by atoms with Crippen LogP contribution in [0.3, 0.4) is 0 Å². The van der Waals surface area contributed by atoms with Crippen LogP contribution in [0.4, 0.5) is 8.78 Å². The van der Waals surface area contributed by atoms with Crippen molar-refractivity contribution in [2.24, 2.45) is 0 Å². The minimum absolute atomic E-state index is 0.189. The van der Waals surface area contributed by atoms with Crippen molar-refractivity contribution >= 4 is 21.7 Å². The van der Waals surface area contributed by atoms with E-state index in [1.807, 2.05) is 0 Å². The lowest BCUT2D eigenvalue weighted by atomic mass is 9.94. The summed E-state index contributed by atoms with van der Waals surface area (Å²) in [6, 6.07) is 3.88. The summed E-state index contributed by atoms with van der Waals surface area (Å²) in [6.45, 7) is 1.28. The number of rotatable bonds is 3. The average Bonchev–Trinajstić information content (AvgIpc) is 2.13. The van der Waals surface area contributed by atoms with E-state index >= 15 is 0 Å². The third-order valence-corrected chi connectivity index (χ3v) is 2.50. The highest BCUT2D eigenvalue weighted by Gasteiger charge is 2.22. The van der Waals surface area contributed by atoms with Crippen molar-refractivity contribution in [3.05, 3.63) is 33.8 Å². The number of nitrogens with zero attached hydrogens (tertiary/aromatic N) is 1. The molecular formula is C11H8BrF2NO. The van der Waals surface area contributed by atoms with E-state index in [1.165, 1.54) is 6.92 Å². The van der Waals surface area contributed by atoms with Crippen LogP contribution in [0.25, 0.3) is 0 Å². The maximum atomic E-state index is 13.5. The smallest absolute Gasteiger partial charge is 0.131 e.